The van der Waals surface area contributed by atoms with Crippen molar-refractivity contribution in [3.63, 3.8) is 0 Å². The van der Waals surface area contributed by atoms with Gasteiger partial charge in [-0.05, 0) is 60.1 Å². The lowest BCUT2D eigenvalue weighted by atomic mass is 9.87. The minimum Gasteiger partial charge on any atom is -0.326 e. The third kappa shape index (κ3) is 7.28. The van der Waals surface area contributed by atoms with E-state index in [1.165, 1.54) is 11.1 Å². The number of hydrogen-bond acceptors (Lipinski definition) is 3. The molecule has 35 heavy (non-hydrogen) atoms. The number of anilines is 1. The van der Waals surface area contributed by atoms with Crippen LogP contribution in [0.25, 0.3) is 0 Å². The minimum absolute atomic E-state index is 0.0331. The predicted molar refractivity (Wildman–Crippen MR) is 145 cm³/mol. The highest BCUT2D eigenvalue weighted by Crippen LogP contribution is 2.22. The van der Waals surface area contributed by atoms with Crippen LogP contribution in [0.1, 0.15) is 86.6 Å². The smallest absolute Gasteiger partial charge is 0.257 e. The standard InChI is InChI=1S/C29H39N5O/c1-8-17-34-19-24(21(4)33-34)18-30-28(31-26-15-11-22(12-16-26)20(2)3)32-27(35)23-9-13-25(14-10-23)29(5,6)7/h9-16,19-20H,8,17-18H2,1-7H3,(H2,30,31,32,35). The van der Waals surface area contributed by atoms with Crippen LogP contribution in [0.2, 0.25) is 0 Å². The number of aryl methyl sites for hydroxylation is 2. The molecule has 3 aromatic rings. The fourth-order valence-corrected chi connectivity index (χ4v) is 3.72. The first-order valence-electron chi connectivity index (χ1n) is 12.4. The van der Waals surface area contributed by atoms with E-state index in [9.17, 15) is 4.79 Å². The second-order valence-electron chi connectivity index (χ2n) is 10.4. The molecule has 1 aromatic heterocycles. The minimum atomic E-state index is -0.200. The number of carbonyl (C=O) groups excluding carboxylic acids is 1. The van der Waals surface area contributed by atoms with Gasteiger partial charge in [0, 0.05) is 29.6 Å². The summed E-state index contributed by atoms with van der Waals surface area (Å²) in [6, 6.07) is 16.0. The Balaban J connectivity index is 1.82. The Morgan fingerprint density at radius 3 is 2.29 bits per heavy atom. The molecule has 0 atom stereocenters. The highest BCUT2D eigenvalue weighted by molar-refractivity contribution is 6.10. The van der Waals surface area contributed by atoms with Crippen LogP contribution in [-0.4, -0.2) is 21.6 Å². The third-order valence-corrected chi connectivity index (χ3v) is 5.99. The number of amides is 1. The summed E-state index contributed by atoms with van der Waals surface area (Å²) in [6.45, 7) is 16.2. The number of guanidine groups is 1. The zero-order valence-electron chi connectivity index (χ0n) is 22.1. The number of aromatic nitrogens is 2. The molecule has 0 saturated heterocycles. The topological polar surface area (TPSA) is 71.3 Å². The first-order valence-corrected chi connectivity index (χ1v) is 12.4. The number of nitrogens with one attached hydrogen (secondary N) is 2. The lowest BCUT2D eigenvalue weighted by molar-refractivity contribution is 0.0977. The monoisotopic (exact) mass is 473 g/mol. The van der Waals surface area contributed by atoms with Crippen molar-refractivity contribution in [2.75, 3.05) is 5.32 Å². The molecule has 2 aromatic carbocycles. The van der Waals surface area contributed by atoms with Crippen molar-refractivity contribution < 1.29 is 4.79 Å². The van der Waals surface area contributed by atoms with Gasteiger partial charge in [-0.2, -0.15) is 5.10 Å². The zero-order valence-corrected chi connectivity index (χ0v) is 22.1. The van der Waals surface area contributed by atoms with Gasteiger partial charge in [-0.25, -0.2) is 4.99 Å². The molecule has 1 heterocycles. The molecule has 0 spiro atoms. The third-order valence-electron chi connectivity index (χ3n) is 5.99. The van der Waals surface area contributed by atoms with Crippen molar-refractivity contribution in [1.82, 2.24) is 15.1 Å². The van der Waals surface area contributed by atoms with Gasteiger partial charge in [0.25, 0.3) is 5.91 Å². The summed E-state index contributed by atoms with van der Waals surface area (Å²) in [6.07, 6.45) is 3.05. The normalized spacial score (nSPS) is 12.2. The van der Waals surface area contributed by atoms with Gasteiger partial charge in [-0.15, -0.1) is 0 Å². The number of benzene rings is 2. The van der Waals surface area contributed by atoms with Gasteiger partial charge in [0.05, 0.1) is 12.2 Å². The summed E-state index contributed by atoms with van der Waals surface area (Å²) in [5, 5.41) is 10.8. The Hall–Kier alpha value is -3.41. The van der Waals surface area contributed by atoms with Crippen molar-refractivity contribution in [3.05, 3.63) is 82.7 Å². The van der Waals surface area contributed by atoms with E-state index in [-0.39, 0.29) is 11.3 Å². The fraction of sp³-hybridized carbons (Fsp3) is 0.414. The molecule has 6 nitrogen and oxygen atoms in total. The zero-order chi connectivity index (χ0) is 25.6. The molecule has 0 saturated carbocycles. The van der Waals surface area contributed by atoms with Crippen molar-refractivity contribution >= 4 is 17.6 Å². The van der Waals surface area contributed by atoms with Gasteiger partial charge in [0.15, 0.2) is 0 Å². The van der Waals surface area contributed by atoms with E-state index in [2.05, 4.69) is 69.4 Å². The molecule has 0 fully saturated rings. The van der Waals surface area contributed by atoms with E-state index in [1.807, 2.05) is 54.2 Å². The number of carbonyl (C=O) groups is 1. The molecular weight excluding hydrogens is 434 g/mol. The number of hydrogen-bond donors (Lipinski definition) is 2. The SMILES string of the molecule is CCCn1cc(CN=C(NC(=O)c2ccc(C(C)(C)C)cc2)Nc2ccc(C(C)C)cc2)c(C)n1. The number of nitrogens with zero attached hydrogens (tertiary/aromatic N) is 3. The van der Waals surface area contributed by atoms with Crippen LogP contribution in [0.4, 0.5) is 5.69 Å². The molecule has 3 rings (SSSR count). The van der Waals surface area contributed by atoms with Crippen LogP contribution in [-0.2, 0) is 18.5 Å². The Morgan fingerprint density at radius 1 is 1.06 bits per heavy atom. The average Bonchev–Trinajstić information content (AvgIpc) is 3.16. The summed E-state index contributed by atoms with van der Waals surface area (Å²) < 4.78 is 1.95. The Labute approximate surface area is 209 Å². The highest BCUT2D eigenvalue weighted by atomic mass is 16.1. The maximum atomic E-state index is 13.1. The van der Waals surface area contributed by atoms with Crippen LogP contribution >= 0.6 is 0 Å². The van der Waals surface area contributed by atoms with Gasteiger partial charge in [-0.1, -0.05) is 65.8 Å². The number of aliphatic imine (C=N–C) groups is 1. The van der Waals surface area contributed by atoms with Crippen LogP contribution in [0.5, 0.6) is 0 Å². The Bertz CT molecular complexity index is 1150. The molecule has 0 aliphatic carbocycles. The van der Waals surface area contributed by atoms with Crippen LogP contribution in [0.15, 0.2) is 59.7 Å². The average molecular weight is 474 g/mol. The molecule has 0 bridgehead atoms. The second-order valence-corrected chi connectivity index (χ2v) is 10.4. The second kappa shape index (κ2) is 11.3. The Kier molecular flexibility index (Phi) is 8.49. The summed E-state index contributed by atoms with van der Waals surface area (Å²) in [4.78, 5) is 17.8. The maximum Gasteiger partial charge on any atom is 0.257 e. The summed E-state index contributed by atoms with van der Waals surface area (Å²) in [5.74, 6) is 0.666. The van der Waals surface area contributed by atoms with Gasteiger partial charge in [0.2, 0.25) is 5.96 Å². The summed E-state index contributed by atoms with van der Waals surface area (Å²) in [5.41, 5.74) is 5.93. The first kappa shape index (κ1) is 26.2. The van der Waals surface area contributed by atoms with E-state index < -0.39 is 0 Å². The van der Waals surface area contributed by atoms with Crippen molar-refractivity contribution in [3.8, 4) is 0 Å². The fourth-order valence-electron chi connectivity index (χ4n) is 3.72. The van der Waals surface area contributed by atoms with E-state index in [0.717, 1.165) is 29.9 Å². The quantitative estimate of drug-likeness (QED) is 0.307. The van der Waals surface area contributed by atoms with E-state index >= 15 is 0 Å². The summed E-state index contributed by atoms with van der Waals surface area (Å²) in [7, 11) is 0. The predicted octanol–water partition coefficient (Wildman–Crippen LogP) is 6.42. The molecule has 0 unspecified atom stereocenters. The molecule has 0 aliphatic heterocycles. The molecular formula is C29H39N5O. The van der Waals surface area contributed by atoms with E-state index in [4.69, 9.17) is 4.99 Å². The Morgan fingerprint density at radius 2 is 1.71 bits per heavy atom. The molecule has 6 heteroatoms. The van der Waals surface area contributed by atoms with Crippen molar-refractivity contribution in [2.45, 2.75) is 79.3 Å². The van der Waals surface area contributed by atoms with Gasteiger partial charge in [-0.3, -0.25) is 14.8 Å². The van der Waals surface area contributed by atoms with E-state index in [0.29, 0.717) is 24.0 Å². The molecule has 1 amide bonds. The first-order chi connectivity index (χ1) is 16.6. The summed E-state index contributed by atoms with van der Waals surface area (Å²) >= 11 is 0. The van der Waals surface area contributed by atoms with Gasteiger partial charge < -0.3 is 5.32 Å². The highest BCUT2D eigenvalue weighted by Gasteiger charge is 2.15. The number of rotatable bonds is 7. The molecule has 2 N–H and O–H groups in total. The molecule has 186 valence electrons. The van der Waals surface area contributed by atoms with Gasteiger partial charge >= 0.3 is 0 Å². The van der Waals surface area contributed by atoms with Crippen LogP contribution in [0.3, 0.4) is 0 Å². The van der Waals surface area contributed by atoms with Gasteiger partial charge in [0.1, 0.15) is 0 Å². The lowest BCUT2D eigenvalue weighted by Gasteiger charge is -2.19. The molecule has 0 aliphatic rings. The molecule has 0 radical (unpaired) electrons. The maximum absolute atomic E-state index is 13.1. The lowest BCUT2D eigenvalue weighted by Crippen LogP contribution is -2.36. The largest absolute Gasteiger partial charge is 0.326 e. The van der Waals surface area contributed by atoms with Crippen molar-refractivity contribution in [2.24, 2.45) is 4.99 Å². The van der Waals surface area contributed by atoms with E-state index in [1.54, 1.807) is 0 Å². The van der Waals surface area contributed by atoms with Crippen LogP contribution in [0, 0.1) is 6.92 Å². The van der Waals surface area contributed by atoms with Crippen molar-refractivity contribution in [1.29, 1.82) is 0 Å². The van der Waals surface area contributed by atoms with Crippen LogP contribution < -0.4 is 10.6 Å².